The van der Waals surface area contributed by atoms with Gasteiger partial charge in [-0.05, 0) is 29.2 Å². The zero-order chi connectivity index (χ0) is 15.6. The smallest absolute Gasteiger partial charge is 0.0653 e. The molecule has 4 heterocycles. The first-order valence-corrected chi connectivity index (χ1v) is 8.30. The van der Waals surface area contributed by atoms with E-state index in [1.165, 1.54) is 33.8 Å². The monoisotopic (exact) mass is 300 g/mol. The molecule has 0 aliphatic carbocycles. The highest BCUT2D eigenvalue weighted by atomic mass is 15.3. The van der Waals surface area contributed by atoms with Crippen molar-refractivity contribution in [1.29, 1.82) is 0 Å². The number of likely N-dealkylation sites (N-methyl/N-ethyl adjacent to an activating group) is 1. The summed E-state index contributed by atoms with van der Waals surface area (Å²) in [7, 11) is 2.21. The Labute approximate surface area is 137 Å². The predicted octanol–water partition coefficient (Wildman–Crippen LogP) is 4.02. The highest BCUT2D eigenvalue weighted by molar-refractivity contribution is 5.86. The van der Waals surface area contributed by atoms with Crippen LogP contribution in [0.5, 0.6) is 0 Å². The Morgan fingerprint density at radius 1 is 1.00 bits per heavy atom. The number of hydrogen-bond acceptors (Lipinski definition) is 2. The van der Waals surface area contributed by atoms with Gasteiger partial charge in [-0.15, -0.1) is 0 Å². The normalized spacial score (nSPS) is 25.0. The summed E-state index contributed by atoms with van der Waals surface area (Å²) < 4.78 is 0. The zero-order valence-electron chi connectivity index (χ0n) is 13.4. The number of para-hydroxylation sites is 1. The maximum atomic E-state index is 4.49. The highest BCUT2D eigenvalue weighted by Crippen LogP contribution is 2.60. The maximum Gasteiger partial charge on any atom is 0.0653 e. The van der Waals surface area contributed by atoms with E-state index in [1.807, 2.05) is 0 Å². The van der Waals surface area contributed by atoms with E-state index in [2.05, 4.69) is 78.0 Å². The summed E-state index contributed by atoms with van der Waals surface area (Å²) in [5.41, 5.74) is 8.26. The molecular formula is C21H20N2. The molecule has 4 aliphatic heterocycles. The van der Waals surface area contributed by atoms with Gasteiger partial charge in [0.2, 0.25) is 0 Å². The van der Waals surface area contributed by atoms with Gasteiger partial charge < -0.3 is 9.80 Å². The van der Waals surface area contributed by atoms with Gasteiger partial charge in [-0.3, -0.25) is 0 Å². The molecule has 2 aromatic carbocycles. The van der Waals surface area contributed by atoms with Gasteiger partial charge in [0.05, 0.1) is 16.8 Å². The molecule has 0 unspecified atom stereocenters. The summed E-state index contributed by atoms with van der Waals surface area (Å²) >= 11 is 0. The van der Waals surface area contributed by atoms with Crippen molar-refractivity contribution in [1.82, 2.24) is 4.90 Å². The van der Waals surface area contributed by atoms with Crippen molar-refractivity contribution in [2.45, 2.75) is 11.8 Å². The van der Waals surface area contributed by atoms with Gasteiger partial charge in [0.1, 0.15) is 0 Å². The van der Waals surface area contributed by atoms with Gasteiger partial charge in [-0.2, -0.15) is 0 Å². The van der Waals surface area contributed by atoms with Crippen LogP contribution in [0.1, 0.15) is 17.5 Å². The third-order valence-electron chi connectivity index (χ3n) is 5.79. The van der Waals surface area contributed by atoms with E-state index in [9.17, 15) is 0 Å². The molecule has 4 aliphatic rings. The Bertz CT molecular complexity index is 849. The molecule has 1 saturated heterocycles. The van der Waals surface area contributed by atoms with E-state index in [0.717, 1.165) is 19.5 Å². The standard InChI is InChI=1S/C21H20N2/c1-15-14-23-13-12-21(15)17-10-6-7-11-18(17)22(2)20(21)19(23)16-8-4-3-5-9-16/h3-11H,1,12-14H2,2H3/t21-/m1/s1. The van der Waals surface area contributed by atoms with Crippen molar-refractivity contribution >= 4 is 11.4 Å². The Hall–Kier alpha value is -2.48. The molecule has 1 spiro atoms. The van der Waals surface area contributed by atoms with E-state index in [1.54, 1.807) is 0 Å². The molecule has 6 rings (SSSR count). The number of piperidine rings is 1. The van der Waals surface area contributed by atoms with E-state index in [-0.39, 0.29) is 5.41 Å². The molecular weight excluding hydrogens is 280 g/mol. The predicted molar refractivity (Wildman–Crippen MR) is 95.2 cm³/mol. The SMILES string of the molecule is C=C1CN2CC[C@@]13C(=C2c1ccccc1)N(C)c1ccccc13. The largest absolute Gasteiger partial charge is 0.366 e. The zero-order valence-corrected chi connectivity index (χ0v) is 13.4. The Kier molecular flexibility index (Phi) is 2.42. The number of nitrogens with zero attached hydrogens (tertiary/aromatic N) is 2. The minimum absolute atomic E-state index is 0.00523. The molecule has 0 aromatic heterocycles. The van der Waals surface area contributed by atoms with Crippen LogP contribution in [0, 0.1) is 0 Å². The van der Waals surface area contributed by atoms with Crippen LogP contribution in [0.4, 0.5) is 5.69 Å². The van der Waals surface area contributed by atoms with E-state index in [0.29, 0.717) is 0 Å². The third kappa shape index (κ3) is 1.44. The average molecular weight is 300 g/mol. The fraction of sp³-hybridized carbons (Fsp3) is 0.238. The van der Waals surface area contributed by atoms with Gasteiger partial charge in [0, 0.05) is 25.8 Å². The number of fused-ring (bicyclic) bond motifs is 3. The minimum atomic E-state index is 0.00523. The van der Waals surface area contributed by atoms with Crippen molar-refractivity contribution in [2.75, 3.05) is 25.0 Å². The van der Waals surface area contributed by atoms with Crippen molar-refractivity contribution in [3.8, 4) is 0 Å². The van der Waals surface area contributed by atoms with Crippen LogP contribution in [0.2, 0.25) is 0 Å². The summed E-state index contributed by atoms with van der Waals surface area (Å²) in [5.74, 6) is 0. The van der Waals surface area contributed by atoms with Crippen LogP contribution < -0.4 is 4.90 Å². The first kappa shape index (κ1) is 13.0. The highest BCUT2D eigenvalue weighted by Gasteiger charge is 2.55. The Balaban J connectivity index is 1.87. The fourth-order valence-corrected chi connectivity index (χ4v) is 4.81. The molecule has 1 atom stereocenters. The van der Waals surface area contributed by atoms with Crippen molar-refractivity contribution in [3.63, 3.8) is 0 Å². The van der Waals surface area contributed by atoms with Crippen LogP contribution >= 0.6 is 0 Å². The lowest BCUT2D eigenvalue weighted by Crippen LogP contribution is -2.51. The second-order valence-electron chi connectivity index (χ2n) is 6.82. The molecule has 2 aromatic rings. The summed E-state index contributed by atoms with van der Waals surface area (Å²) in [5, 5.41) is 0. The minimum Gasteiger partial charge on any atom is -0.366 e. The molecule has 0 saturated carbocycles. The van der Waals surface area contributed by atoms with Gasteiger partial charge in [-0.1, -0.05) is 55.1 Å². The summed E-state index contributed by atoms with van der Waals surface area (Å²) in [6, 6.07) is 19.7. The third-order valence-corrected chi connectivity index (χ3v) is 5.79. The molecule has 0 N–H and O–H groups in total. The quantitative estimate of drug-likeness (QED) is 0.734. The molecule has 2 bridgehead atoms. The Morgan fingerprint density at radius 2 is 1.74 bits per heavy atom. The van der Waals surface area contributed by atoms with Crippen molar-refractivity contribution in [3.05, 3.63) is 83.6 Å². The fourth-order valence-electron chi connectivity index (χ4n) is 4.81. The van der Waals surface area contributed by atoms with Crippen LogP contribution in [0.25, 0.3) is 5.70 Å². The molecule has 2 nitrogen and oxygen atoms in total. The van der Waals surface area contributed by atoms with E-state index >= 15 is 0 Å². The summed E-state index contributed by atoms with van der Waals surface area (Å²) in [6.07, 6.45) is 1.14. The van der Waals surface area contributed by atoms with Gasteiger partial charge in [0.15, 0.2) is 0 Å². The molecule has 114 valence electrons. The summed E-state index contributed by atoms with van der Waals surface area (Å²) in [6.45, 7) is 6.56. The number of allylic oxidation sites excluding steroid dienone is 1. The van der Waals surface area contributed by atoms with Gasteiger partial charge in [0.25, 0.3) is 0 Å². The topological polar surface area (TPSA) is 6.48 Å². The van der Waals surface area contributed by atoms with Crippen molar-refractivity contribution < 1.29 is 0 Å². The number of hydrogen-bond donors (Lipinski definition) is 0. The number of rotatable bonds is 1. The molecule has 1 fully saturated rings. The maximum absolute atomic E-state index is 4.49. The van der Waals surface area contributed by atoms with Crippen LogP contribution in [0.3, 0.4) is 0 Å². The lowest BCUT2D eigenvalue weighted by Gasteiger charge is -2.51. The number of benzene rings is 2. The average Bonchev–Trinajstić information content (AvgIpc) is 2.87. The van der Waals surface area contributed by atoms with Crippen molar-refractivity contribution in [2.24, 2.45) is 0 Å². The lowest BCUT2D eigenvalue weighted by molar-refractivity contribution is 0.284. The summed E-state index contributed by atoms with van der Waals surface area (Å²) in [4.78, 5) is 4.91. The van der Waals surface area contributed by atoms with E-state index in [4.69, 9.17) is 0 Å². The first-order valence-electron chi connectivity index (χ1n) is 8.30. The van der Waals surface area contributed by atoms with Gasteiger partial charge >= 0.3 is 0 Å². The van der Waals surface area contributed by atoms with Crippen LogP contribution in [-0.4, -0.2) is 25.0 Å². The van der Waals surface area contributed by atoms with E-state index < -0.39 is 0 Å². The number of anilines is 1. The Morgan fingerprint density at radius 3 is 2.52 bits per heavy atom. The molecule has 2 heteroatoms. The second kappa shape index (κ2) is 4.29. The van der Waals surface area contributed by atoms with Gasteiger partial charge in [-0.25, -0.2) is 0 Å². The molecule has 23 heavy (non-hydrogen) atoms. The lowest BCUT2D eigenvalue weighted by atomic mass is 9.65. The van der Waals surface area contributed by atoms with Crippen LogP contribution in [-0.2, 0) is 5.41 Å². The van der Waals surface area contributed by atoms with Crippen LogP contribution in [0.15, 0.2) is 72.4 Å². The second-order valence-corrected chi connectivity index (χ2v) is 6.82. The molecule has 0 amide bonds. The first-order chi connectivity index (χ1) is 11.2. The molecule has 0 radical (unpaired) electrons.